The maximum absolute atomic E-state index is 11.4. The van der Waals surface area contributed by atoms with Crippen LogP contribution in [0.25, 0.3) is 5.65 Å². The maximum atomic E-state index is 11.4. The van der Waals surface area contributed by atoms with Crippen LogP contribution in [0.2, 0.25) is 0 Å². The number of hydrogen-bond donors (Lipinski definition) is 1. The first-order valence-corrected chi connectivity index (χ1v) is 6.79. The van der Waals surface area contributed by atoms with E-state index in [1.165, 1.54) is 0 Å². The molecule has 0 fully saturated rings. The first-order valence-electron chi connectivity index (χ1n) is 6.79. The number of nitrogens with one attached hydrogen (secondary N) is 1. The minimum absolute atomic E-state index is 0.0340. The second-order valence-corrected chi connectivity index (χ2v) is 5.14. The lowest BCUT2D eigenvalue weighted by atomic mass is 10.1. The smallest absolute Gasteiger partial charge is 0.221 e. The molecule has 2 rings (SSSR count). The minimum Gasteiger partial charge on any atom is -0.359 e. The molecule has 0 bridgehead atoms. The molecule has 20 heavy (non-hydrogen) atoms. The van der Waals surface area contributed by atoms with Gasteiger partial charge in [0.15, 0.2) is 5.65 Å². The van der Waals surface area contributed by atoms with Crippen molar-refractivity contribution >= 4 is 17.4 Å². The van der Waals surface area contributed by atoms with Crippen molar-refractivity contribution < 1.29 is 4.79 Å². The summed E-state index contributed by atoms with van der Waals surface area (Å²) in [5.41, 5.74) is 1.86. The number of fused-ring (bicyclic) bond motifs is 1. The Morgan fingerprint density at radius 1 is 1.50 bits per heavy atom. The molecule has 0 aliphatic heterocycles. The first kappa shape index (κ1) is 14.3. The second kappa shape index (κ2) is 5.90. The van der Waals surface area contributed by atoms with Crippen molar-refractivity contribution in [2.24, 2.45) is 0 Å². The summed E-state index contributed by atoms with van der Waals surface area (Å²) in [5.74, 6) is 1.33. The molecular weight excluding hydrogens is 254 g/mol. The van der Waals surface area contributed by atoms with Crippen LogP contribution in [-0.2, 0) is 4.79 Å². The van der Waals surface area contributed by atoms with E-state index in [0.717, 1.165) is 17.2 Å². The molecular formula is C14H21N5O. The van der Waals surface area contributed by atoms with Gasteiger partial charge < -0.3 is 10.2 Å². The van der Waals surface area contributed by atoms with Crippen LogP contribution >= 0.6 is 0 Å². The quantitative estimate of drug-likeness (QED) is 0.896. The van der Waals surface area contributed by atoms with Crippen molar-refractivity contribution in [1.29, 1.82) is 0 Å². The van der Waals surface area contributed by atoms with E-state index in [-0.39, 0.29) is 5.91 Å². The van der Waals surface area contributed by atoms with Crippen LogP contribution in [-0.4, -0.2) is 41.1 Å². The lowest BCUT2D eigenvalue weighted by molar-refractivity contribution is -0.120. The highest BCUT2D eigenvalue weighted by atomic mass is 16.1. The van der Waals surface area contributed by atoms with Gasteiger partial charge >= 0.3 is 0 Å². The van der Waals surface area contributed by atoms with Crippen molar-refractivity contribution in [2.75, 3.05) is 25.5 Å². The van der Waals surface area contributed by atoms with Crippen molar-refractivity contribution in [3.63, 3.8) is 0 Å². The van der Waals surface area contributed by atoms with Gasteiger partial charge in [0.1, 0.15) is 5.82 Å². The summed E-state index contributed by atoms with van der Waals surface area (Å²) >= 11 is 0. The number of amides is 1. The van der Waals surface area contributed by atoms with Gasteiger partial charge in [0, 0.05) is 44.9 Å². The van der Waals surface area contributed by atoms with Crippen LogP contribution < -0.4 is 10.2 Å². The minimum atomic E-state index is 0.0340. The molecule has 0 unspecified atom stereocenters. The molecule has 0 saturated heterocycles. The number of aromatic nitrogens is 3. The Morgan fingerprint density at radius 3 is 2.90 bits per heavy atom. The molecule has 1 N–H and O–H groups in total. The Labute approximate surface area is 118 Å². The van der Waals surface area contributed by atoms with E-state index in [2.05, 4.69) is 29.2 Å². The van der Waals surface area contributed by atoms with Gasteiger partial charge in [0.25, 0.3) is 0 Å². The molecule has 0 saturated carbocycles. The van der Waals surface area contributed by atoms with Crippen LogP contribution in [0.3, 0.4) is 0 Å². The lowest BCUT2D eigenvalue weighted by Crippen LogP contribution is -2.28. The molecule has 2 heterocycles. The van der Waals surface area contributed by atoms with Gasteiger partial charge in [-0.2, -0.15) is 9.61 Å². The molecule has 6 heteroatoms. The highest BCUT2D eigenvalue weighted by Crippen LogP contribution is 2.21. The van der Waals surface area contributed by atoms with E-state index in [1.54, 1.807) is 17.8 Å². The van der Waals surface area contributed by atoms with E-state index < -0.39 is 0 Å². The Morgan fingerprint density at radius 2 is 2.25 bits per heavy atom. The van der Waals surface area contributed by atoms with Crippen LogP contribution in [0, 0.1) is 0 Å². The number of rotatable bonds is 5. The van der Waals surface area contributed by atoms with Gasteiger partial charge in [0.05, 0.1) is 6.20 Å². The predicted molar refractivity (Wildman–Crippen MR) is 79.0 cm³/mol. The van der Waals surface area contributed by atoms with E-state index >= 15 is 0 Å². The van der Waals surface area contributed by atoms with Crippen molar-refractivity contribution in [1.82, 2.24) is 19.9 Å². The molecule has 0 aromatic carbocycles. The van der Waals surface area contributed by atoms with Gasteiger partial charge in [-0.25, -0.2) is 4.98 Å². The van der Waals surface area contributed by atoms with E-state index in [1.807, 2.05) is 24.1 Å². The van der Waals surface area contributed by atoms with Crippen LogP contribution in [0.1, 0.15) is 31.9 Å². The average Bonchev–Trinajstić information content (AvgIpc) is 2.91. The zero-order valence-corrected chi connectivity index (χ0v) is 12.4. The Hall–Kier alpha value is -2.11. The summed E-state index contributed by atoms with van der Waals surface area (Å²) in [6, 6.07) is 3.93. The molecule has 0 atom stereocenters. The van der Waals surface area contributed by atoms with Crippen molar-refractivity contribution in [2.45, 2.75) is 26.2 Å². The van der Waals surface area contributed by atoms with E-state index in [4.69, 9.17) is 0 Å². The average molecular weight is 275 g/mol. The first-order chi connectivity index (χ1) is 9.52. The summed E-state index contributed by atoms with van der Waals surface area (Å²) in [4.78, 5) is 18.0. The van der Waals surface area contributed by atoms with Crippen molar-refractivity contribution in [3.8, 4) is 0 Å². The normalized spacial score (nSPS) is 11.1. The van der Waals surface area contributed by atoms with Gasteiger partial charge in [-0.3, -0.25) is 4.79 Å². The number of carbonyl (C=O) groups is 1. The Bertz CT molecular complexity index is 605. The lowest BCUT2D eigenvalue weighted by Gasteiger charge is -2.21. The third-order valence-electron chi connectivity index (χ3n) is 3.30. The number of carbonyl (C=O) groups excluding carboxylic acids is 1. The van der Waals surface area contributed by atoms with E-state index in [9.17, 15) is 4.79 Å². The molecule has 0 aliphatic rings. The number of anilines is 1. The number of hydrogen-bond acceptors (Lipinski definition) is 4. The zero-order chi connectivity index (χ0) is 14.7. The Kier molecular flexibility index (Phi) is 4.22. The Balaban J connectivity index is 2.31. The summed E-state index contributed by atoms with van der Waals surface area (Å²) in [7, 11) is 3.61. The second-order valence-electron chi connectivity index (χ2n) is 5.14. The topological polar surface area (TPSA) is 62.5 Å². The predicted octanol–water partition coefficient (Wildman–Crippen LogP) is 1.42. The van der Waals surface area contributed by atoms with Gasteiger partial charge in [-0.1, -0.05) is 13.8 Å². The van der Waals surface area contributed by atoms with Crippen LogP contribution in [0.4, 0.5) is 5.82 Å². The fourth-order valence-corrected chi connectivity index (χ4v) is 1.99. The molecule has 108 valence electrons. The third kappa shape index (κ3) is 2.89. The zero-order valence-electron chi connectivity index (χ0n) is 12.4. The summed E-state index contributed by atoms with van der Waals surface area (Å²) in [5, 5.41) is 6.93. The maximum Gasteiger partial charge on any atom is 0.221 e. The largest absolute Gasteiger partial charge is 0.359 e. The molecule has 0 aliphatic carbocycles. The number of nitrogens with zero attached hydrogens (tertiary/aromatic N) is 4. The highest BCUT2D eigenvalue weighted by Gasteiger charge is 2.13. The fourth-order valence-electron chi connectivity index (χ4n) is 1.99. The highest BCUT2D eigenvalue weighted by molar-refractivity contribution is 5.76. The van der Waals surface area contributed by atoms with Crippen LogP contribution in [0.5, 0.6) is 0 Å². The molecule has 0 spiro atoms. The van der Waals surface area contributed by atoms with Crippen LogP contribution in [0.15, 0.2) is 18.3 Å². The monoisotopic (exact) mass is 275 g/mol. The van der Waals surface area contributed by atoms with Gasteiger partial charge in [0.2, 0.25) is 5.91 Å². The van der Waals surface area contributed by atoms with Crippen molar-refractivity contribution in [3.05, 3.63) is 24.0 Å². The molecule has 1 amide bonds. The molecule has 0 radical (unpaired) electrons. The molecule has 6 nitrogen and oxygen atoms in total. The van der Waals surface area contributed by atoms with Gasteiger partial charge in [-0.05, 0) is 5.92 Å². The summed E-state index contributed by atoms with van der Waals surface area (Å²) < 4.78 is 1.80. The standard InChI is InChI=1S/C14H21N5O/c1-10(2)11-9-14(18(4)8-6-13(20)15-3)19-12(17-11)5-7-16-19/h5,7,9-10H,6,8H2,1-4H3,(H,15,20). The SMILES string of the molecule is CNC(=O)CCN(C)c1cc(C(C)C)nc2ccnn12. The third-order valence-corrected chi connectivity index (χ3v) is 3.30. The van der Waals surface area contributed by atoms with E-state index in [0.29, 0.717) is 18.9 Å². The molecule has 2 aromatic heterocycles. The fraction of sp³-hybridized carbons (Fsp3) is 0.500. The summed E-state index contributed by atoms with van der Waals surface area (Å²) in [6.45, 7) is 4.86. The molecule has 2 aromatic rings. The summed E-state index contributed by atoms with van der Waals surface area (Å²) in [6.07, 6.45) is 2.19. The van der Waals surface area contributed by atoms with Gasteiger partial charge in [-0.15, -0.1) is 0 Å².